The van der Waals surface area contributed by atoms with E-state index in [-0.39, 0.29) is 25.7 Å². The van der Waals surface area contributed by atoms with Crippen LogP contribution in [0, 0.1) is 5.92 Å². The zero-order valence-electron chi connectivity index (χ0n) is 30.0. The van der Waals surface area contributed by atoms with Crippen LogP contribution in [-0.4, -0.2) is 127 Å². The molecule has 0 aliphatic carbocycles. The third kappa shape index (κ3) is 15.9. The normalized spacial score (nSPS) is 28.3. The number of hydrogen-bond acceptors (Lipinski definition) is 14. The number of unbranched alkanes of at least 4 members (excludes halogenated alkanes) is 3. The molecular weight excluding hydrogens is 750 g/mol. The van der Waals surface area contributed by atoms with E-state index in [2.05, 4.69) is 10.6 Å². The van der Waals surface area contributed by atoms with Gasteiger partial charge in [-0.2, -0.15) is 0 Å². The first-order valence-corrected chi connectivity index (χ1v) is 20.6. The Morgan fingerprint density at radius 2 is 1.79 bits per heavy atom. The van der Waals surface area contributed by atoms with Gasteiger partial charge >= 0.3 is 12.9 Å². The number of carbonyl (C=O) groups excluding carboxylic acids is 2. The fourth-order valence-corrected chi connectivity index (χ4v) is 7.00. The highest BCUT2D eigenvalue weighted by Crippen LogP contribution is 2.48. The number of ether oxygens (including phenoxy) is 5. The Morgan fingerprint density at radius 1 is 1.04 bits per heavy atom. The Morgan fingerprint density at radius 3 is 2.49 bits per heavy atom. The molecule has 0 saturated carbocycles. The third-order valence-corrected chi connectivity index (χ3v) is 10.6. The van der Waals surface area contributed by atoms with Crippen molar-refractivity contribution >= 4 is 55.6 Å². The van der Waals surface area contributed by atoms with Gasteiger partial charge in [0.1, 0.15) is 57.6 Å². The molecule has 15 nitrogen and oxygen atoms in total. The van der Waals surface area contributed by atoms with Crippen molar-refractivity contribution in [3.05, 3.63) is 48.0 Å². The van der Waals surface area contributed by atoms with Crippen LogP contribution in [0.15, 0.2) is 42.5 Å². The summed E-state index contributed by atoms with van der Waals surface area (Å²) in [5.41, 5.74) is 0.809. The second kappa shape index (κ2) is 23.8. The largest absolute Gasteiger partial charge is 0.508 e. The SMILES string of the molecule is [B][C@@H]1O[C@H](COC(=O)OCc2ccccc2)C(OP(O)(=S)OC)[C@@H]1C/C=C/CCCCNC(=S)CCCCO[C@@H]1O[C@H](CO)[C@H](O)[C@H](O)[C@H]1NC(C)=O. The number of allylic oxidation sites excluding steroid dienone is 2. The first-order valence-electron chi connectivity index (χ1n) is 17.6. The molecule has 0 bridgehead atoms. The molecule has 0 aromatic heterocycles. The van der Waals surface area contributed by atoms with Gasteiger partial charge in [0.2, 0.25) is 5.91 Å². The lowest BCUT2D eigenvalue weighted by Crippen LogP contribution is -2.64. The average Bonchev–Trinajstić information content (AvgIpc) is 3.42. The van der Waals surface area contributed by atoms with E-state index in [1.54, 1.807) is 0 Å². The smallest absolute Gasteiger partial charge is 0.431 e. The molecule has 2 radical (unpaired) electrons. The summed E-state index contributed by atoms with van der Waals surface area (Å²) in [7, 11) is 7.53. The van der Waals surface area contributed by atoms with Gasteiger partial charge < -0.3 is 63.6 Å². The van der Waals surface area contributed by atoms with E-state index in [1.807, 2.05) is 42.5 Å². The maximum absolute atomic E-state index is 12.2. The summed E-state index contributed by atoms with van der Waals surface area (Å²) in [5, 5.41) is 35.7. The highest BCUT2D eigenvalue weighted by Gasteiger charge is 2.46. The number of carbonyl (C=O) groups is 2. The molecule has 3 rings (SSSR count). The second-order valence-electron chi connectivity index (χ2n) is 12.7. The Kier molecular flexibility index (Phi) is 20.3. The molecular formula is C34H52BN2O13PS2. The van der Waals surface area contributed by atoms with Crippen molar-refractivity contribution in [3.63, 3.8) is 0 Å². The molecule has 19 heteroatoms. The zero-order chi connectivity index (χ0) is 38.8. The molecule has 296 valence electrons. The van der Waals surface area contributed by atoms with E-state index in [9.17, 15) is 29.8 Å². The Hall–Kier alpha value is -2.06. The molecule has 2 heterocycles. The van der Waals surface area contributed by atoms with Gasteiger partial charge in [0.15, 0.2) is 6.29 Å². The van der Waals surface area contributed by atoms with Gasteiger partial charge in [-0.3, -0.25) is 4.79 Å². The first-order chi connectivity index (χ1) is 25.3. The lowest BCUT2D eigenvalue weighted by molar-refractivity contribution is -0.270. The maximum atomic E-state index is 12.2. The van der Waals surface area contributed by atoms with Crippen molar-refractivity contribution < 1.29 is 62.5 Å². The summed E-state index contributed by atoms with van der Waals surface area (Å²) in [4.78, 5) is 34.9. The Labute approximate surface area is 322 Å². The molecule has 1 aromatic carbocycles. The minimum atomic E-state index is -3.58. The quantitative estimate of drug-likeness (QED) is 0.0249. The van der Waals surface area contributed by atoms with Crippen molar-refractivity contribution in [2.45, 2.75) is 107 Å². The average molecular weight is 803 g/mol. The molecule has 2 fully saturated rings. The van der Waals surface area contributed by atoms with E-state index in [4.69, 9.17) is 64.6 Å². The van der Waals surface area contributed by atoms with Crippen LogP contribution in [0.5, 0.6) is 0 Å². The number of aliphatic hydroxyl groups is 3. The van der Waals surface area contributed by atoms with Crippen molar-refractivity contribution in [2.75, 3.05) is 33.5 Å². The summed E-state index contributed by atoms with van der Waals surface area (Å²) in [5.74, 6) is -0.800. The van der Waals surface area contributed by atoms with Crippen LogP contribution in [0.25, 0.3) is 0 Å². The molecule has 2 aliphatic rings. The van der Waals surface area contributed by atoms with Crippen LogP contribution in [0.1, 0.15) is 57.4 Å². The Bertz CT molecular complexity index is 1350. The predicted molar refractivity (Wildman–Crippen MR) is 202 cm³/mol. The van der Waals surface area contributed by atoms with E-state index in [1.165, 1.54) is 14.0 Å². The van der Waals surface area contributed by atoms with Gasteiger partial charge in [-0.25, -0.2) is 4.79 Å². The van der Waals surface area contributed by atoms with Gasteiger partial charge in [0, 0.05) is 39.1 Å². The summed E-state index contributed by atoms with van der Waals surface area (Å²) >= 11 is 10.5. The van der Waals surface area contributed by atoms with Crippen LogP contribution in [0.4, 0.5) is 4.79 Å². The molecule has 0 spiro atoms. The van der Waals surface area contributed by atoms with Crippen molar-refractivity contribution in [2.24, 2.45) is 5.92 Å². The van der Waals surface area contributed by atoms with E-state index in [0.717, 1.165) is 36.2 Å². The summed E-state index contributed by atoms with van der Waals surface area (Å²) in [6, 6.07) is 7.44. The number of aliphatic hydroxyl groups excluding tert-OH is 3. The number of rotatable bonds is 22. The molecule has 53 heavy (non-hydrogen) atoms. The minimum absolute atomic E-state index is 0.0499. The monoisotopic (exact) mass is 802 g/mol. The van der Waals surface area contributed by atoms with Gasteiger partial charge in [-0.15, -0.1) is 0 Å². The van der Waals surface area contributed by atoms with Crippen molar-refractivity contribution in [3.8, 4) is 0 Å². The highest BCUT2D eigenvalue weighted by atomic mass is 32.5. The van der Waals surface area contributed by atoms with Crippen molar-refractivity contribution in [1.82, 2.24) is 10.6 Å². The number of hydrogen-bond donors (Lipinski definition) is 6. The van der Waals surface area contributed by atoms with Crippen LogP contribution in [0.2, 0.25) is 0 Å². The number of amides is 1. The predicted octanol–water partition coefficient (Wildman–Crippen LogP) is 2.26. The van der Waals surface area contributed by atoms with Crippen LogP contribution < -0.4 is 10.6 Å². The third-order valence-electron chi connectivity index (χ3n) is 8.62. The topological polar surface area (TPSA) is 204 Å². The summed E-state index contributed by atoms with van der Waals surface area (Å²) in [6.07, 6.45) is 1.88. The second-order valence-corrected chi connectivity index (χ2v) is 16.1. The zero-order valence-corrected chi connectivity index (χ0v) is 32.6. The van der Waals surface area contributed by atoms with Gasteiger partial charge in [0.05, 0.1) is 11.6 Å². The van der Waals surface area contributed by atoms with Crippen molar-refractivity contribution in [1.29, 1.82) is 0 Å². The van der Waals surface area contributed by atoms with E-state index >= 15 is 0 Å². The minimum Gasteiger partial charge on any atom is -0.431 e. The summed E-state index contributed by atoms with van der Waals surface area (Å²) < 4.78 is 38.3. The van der Waals surface area contributed by atoms with E-state index < -0.39 is 74.2 Å². The van der Waals surface area contributed by atoms with Crippen LogP contribution >= 0.6 is 18.9 Å². The van der Waals surface area contributed by atoms with E-state index in [0.29, 0.717) is 25.8 Å². The lowest BCUT2D eigenvalue weighted by Gasteiger charge is -2.42. The summed E-state index contributed by atoms with van der Waals surface area (Å²) in [6.45, 7) is -1.99. The molecule has 10 atom stereocenters. The fourth-order valence-electron chi connectivity index (χ4n) is 5.77. The van der Waals surface area contributed by atoms with Crippen LogP contribution in [-0.2, 0) is 55.9 Å². The first kappa shape index (κ1) is 45.3. The molecule has 6 N–H and O–H groups in total. The number of thiocarbonyl (C=S) groups is 1. The number of nitrogens with one attached hydrogen (secondary N) is 2. The lowest BCUT2D eigenvalue weighted by atomic mass is 9.82. The van der Waals surface area contributed by atoms with Crippen LogP contribution in [0.3, 0.4) is 0 Å². The maximum Gasteiger partial charge on any atom is 0.508 e. The molecule has 2 unspecified atom stereocenters. The molecule has 1 amide bonds. The molecule has 2 saturated heterocycles. The fraction of sp³-hybridized carbons (Fsp3) is 0.676. The standard InChI is InChI=1S/C34H52BN2O13PS2/c1-22(39)37-28-30(41)29(40)25(19-38)49-33(28)45-18-12-10-16-27(52)36-17-11-5-3-4-9-15-24-31(50-51(43,53)44-2)26(48-32(24)35)21-47-34(42)46-20-23-13-7-6-8-14-23/h4,6-9,13-14,24-26,28-33,38,40-41H,3,5,10-12,15-21H2,1-2H3,(H,36,52)(H,37,39)(H,43,53)/b9-4+/t24-,25+,26+,28+,29-,30+,31?,32+,33+,51?/m0/s1. The van der Waals surface area contributed by atoms with Gasteiger partial charge in [-0.1, -0.05) is 54.7 Å². The molecule has 1 aromatic rings. The highest BCUT2D eigenvalue weighted by molar-refractivity contribution is 8.07. The number of benzene rings is 1. The van der Waals surface area contributed by atoms with Gasteiger partial charge in [-0.05, 0) is 62.3 Å². The Balaban J connectivity index is 1.31. The molecule has 2 aliphatic heterocycles. The van der Waals surface area contributed by atoms with Gasteiger partial charge in [0.25, 0.3) is 0 Å².